The highest BCUT2D eigenvalue weighted by Gasteiger charge is 2.16. The lowest BCUT2D eigenvalue weighted by Crippen LogP contribution is -2.20. The van der Waals surface area contributed by atoms with Crippen LogP contribution in [0.3, 0.4) is 0 Å². The molecule has 0 unspecified atom stereocenters. The summed E-state index contributed by atoms with van der Waals surface area (Å²) in [5.74, 6) is -0.0398. The number of hydrogen-bond acceptors (Lipinski definition) is 4. The molecule has 0 radical (unpaired) electrons. The lowest BCUT2D eigenvalue weighted by atomic mass is 10.2. The lowest BCUT2D eigenvalue weighted by Gasteiger charge is -2.13. The van der Waals surface area contributed by atoms with Gasteiger partial charge in [0.05, 0.1) is 15.6 Å². The van der Waals surface area contributed by atoms with Crippen LogP contribution in [0.5, 0.6) is 5.75 Å². The van der Waals surface area contributed by atoms with Crippen LogP contribution in [0.15, 0.2) is 71.6 Å². The SMILES string of the molecule is Cc1cc(S(=O)(=O)Nc2ccccc2)ccc1OCC(=O)Nc1cc(Cl)ccc1Cl. The minimum absolute atomic E-state index is 0.0892. The molecule has 1 amide bonds. The second-order valence-electron chi connectivity index (χ2n) is 6.36. The molecule has 30 heavy (non-hydrogen) atoms. The molecule has 0 aromatic heterocycles. The van der Waals surface area contributed by atoms with E-state index in [0.717, 1.165) is 0 Å². The molecular formula is C21H18Cl2N2O4S. The molecule has 3 aromatic carbocycles. The number of anilines is 2. The van der Waals surface area contributed by atoms with Crippen molar-refractivity contribution in [1.29, 1.82) is 0 Å². The Bertz CT molecular complexity index is 1170. The fourth-order valence-electron chi connectivity index (χ4n) is 2.59. The van der Waals surface area contributed by atoms with Gasteiger partial charge in [0.2, 0.25) is 0 Å². The summed E-state index contributed by atoms with van der Waals surface area (Å²) in [7, 11) is -3.75. The molecule has 0 heterocycles. The maximum atomic E-state index is 12.6. The van der Waals surface area contributed by atoms with Crippen molar-refractivity contribution in [3.8, 4) is 5.75 Å². The maximum Gasteiger partial charge on any atom is 0.262 e. The van der Waals surface area contributed by atoms with E-state index < -0.39 is 15.9 Å². The zero-order valence-electron chi connectivity index (χ0n) is 15.9. The second kappa shape index (κ2) is 9.38. The van der Waals surface area contributed by atoms with E-state index in [-0.39, 0.29) is 11.5 Å². The van der Waals surface area contributed by atoms with Gasteiger partial charge in [-0.15, -0.1) is 0 Å². The van der Waals surface area contributed by atoms with Crippen molar-refractivity contribution < 1.29 is 17.9 Å². The Morgan fingerprint density at radius 3 is 2.43 bits per heavy atom. The molecule has 2 N–H and O–H groups in total. The lowest BCUT2D eigenvalue weighted by molar-refractivity contribution is -0.118. The number of hydrogen-bond donors (Lipinski definition) is 2. The van der Waals surface area contributed by atoms with Crippen molar-refractivity contribution in [2.24, 2.45) is 0 Å². The van der Waals surface area contributed by atoms with E-state index in [1.165, 1.54) is 24.3 Å². The molecule has 0 spiro atoms. The first kappa shape index (κ1) is 22.0. The van der Waals surface area contributed by atoms with E-state index in [1.807, 2.05) is 0 Å². The van der Waals surface area contributed by atoms with Crippen LogP contribution in [-0.4, -0.2) is 20.9 Å². The van der Waals surface area contributed by atoms with Crippen LogP contribution in [0.25, 0.3) is 0 Å². The minimum Gasteiger partial charge on any atom is -0.483 e. The predicted molar refractivity (Wildman–Crippen MR) is 119 cm³/mol. The minimum atomic E-state index is -3.75. The van der Waals surface area contributed by atoms with E-state index in [2.05, 4.69) is 10.0 Å². The highest BCUT2D eigenvalue weighted by molar-refractivity contribution is 7.92. The largest absolute Gasteiger partial charge is 0.483 e. The number of nitrogens with one attached hydrogen (secondary N) is 2. The van der Waals surface area contributed by atoms with Crippen molar-refractivity contribution in [2.75, 3.05) is 16.6 Å². The van der Waals surface area contributed by atoms with Gasteiger partial charge in [-0.3, -0.25) is 9.52 Å². The number of halogens is 2. The molecule has 0 bridgehead atoms. The fourth-order valence-corrected chi connectivity index (χ4v) is 4.07. The van der Waals surface area contributed by atoms with Gasteiger partial charge in [-0.2, -0.15) is 0 Å². The molecule has 0 saturated heterocycles. The molecule has 0 aliphatic carbocycles. The molecule has 0 atom stereocenters. The van der Waals surface area contributed by atoms with Crippen LogP contribution in [-0.2, 0) is 14.8 Å². The van der Waals surface area contributed by atoms with Gasteiger partial charge in [0, 0.05) is 10.7 Å². The van der Waals surface area contributed by atoms with E-state index in [9.17, 15) is 13.2 Å². The first-order chi connectivity index (χ1) is 14.2. The summed E-state index contributed by atoms with van der Waals surface area (Å²) < 4.78 is 33.1. The van der Waals surface area contributed by atoms with Crippen LogP contribution in [0.4, 0.5) is 11.4 Å². The number of carbonyl (C=O) groups is 1. The molecule has 3 aromatic rings. The van der Waals surface area contributed by atoms with Crippen LogP contribution < -0.4 is 14.8 Å². The molecule has 3 rings (SSSR count). The number of benzene rings is 3. The summed E-state index contributed by atoms with van der Waals surface area (Å²) in [6.07, 6.45) is 0. The molecule has 0 fully saturated rings. The zero-order chi connectivity index (χ0) is 21.7. The second-order valence-corrected chi connectivity index (χ2v) is 8.89. The first-order valence-corrected chi connectivity index (χ1v) is 11.0. The van der Waals surface area contributed by atoms with E-state index in [1.54, 1.807) is 49.4 Å². The predicted octanol–water partition coefficient (Wildman–Crippen LogP) is 5.12. The Kier molecular flexibility index (Phi) is 6.87. The van der Waals surface area contributed by atoms with Gasteiger partial charge >= 0.3 is 0 Å². The molecule has 0 aliphatic rings. The summed E-state index contributed by atoms with van der Waals surface area (Å²) in [6.45, 7) is 1.42. The summed E-state index contributed by atoms with van der Waals surface area (Å²) in [5.41, 5.74) is 1.41. The number of amides is 1. The number of ether oxygens (including phenoxy) is 1. The van der Waals surface area contributed by atoms with Crippen LogP contribution in [0.1, 0.15) is 5.56 Å². The molecule has 0 saturated carbocycles. The third-order valence-corrected chi connectivity index (χ3v) is 5.99. The maximum absolute atomic E-state index is 12.6. The van der Waals surface area contributed by atoms with Gasteiger partial charge < -0.3 is 10.1 Å². The summed E-state index contributed by atoms with van der Waals surface area (Å²) >= 11 is 11.9. The van der Waals surface area contributed by atoms with Gasteiger partial charge in [-0.25, -0.2) is 8.42 Å². The van der Waals surface area contributed by atoms with Gasteiger partial charge in [-0.1, -0.05) is 41.4 Å². The van der Waals surface area contributed by atoms with E-state index in [4.69, 9.17) is 27.9 Å². The fraction of sp³-hybridized carbons (Fsp3) is 0.0952. The molecule has 0 aliphatic heterocycles. The molecular weight excluding hydrogens is 447 g/mol. The van der Waals surface area contributed by atoms with Crippen LogP contribution in [0.2, 0.25) is 10.0 Å². The number of sulfonamides is 1. The summed E-state index contributed by atoms with van der Waals surface area (Å²) in [4.78, 5) is 12.2. The molecule has 6 nitrogen and oxygen atoms in total. The molecule has 156 valence electrons. The van der Waals surface area contributed by atoms with Crippen molar-refractivity contribution in [1.82, 2.24) is 0 Å². The standard InChI is InChI=1S/C21H18Cl2N2O4S/c1-14-11-17(30(27,28)25-16-5-3-2-4-6-16)8-10-20(14)29-13-21(26)24-19-12-15(22)7-9-18(19)23/h2-12,25H,13H2,1H3,(H,24,26). The normalized spacial score (nSPS) is 11.0. The number of aryl methyl sites for hydroxylation is 1. The smallest absolute Gasteiger partial charge is 0.262 e. The third kappa shape index (κ3) is 5.66. The van der Waals surface area contributed by atoms with Crippen molar-refractivity contribution in [2.45, 2.75) is 11.8 Å². The quantitative estimate of drug-likeness (QED) is 0.507. The summed E-state index contributed by atoms with van der Waals surface area (Å²) in [5, 5.41) is 3.41. The van der Waals surface area contributed by atoms with Crippen LogP contribution >= 0.6 is 23.2 Å². The Morgan fingerprint density at radius 1 is 1.00 bits per heavy atom. The van der Waals surface area contributed by atoms with E-state index in [0.29, 0.717) is 32.7 Å². The van der Waals surface area contributed by atoms with Gasteiger partial charge in [0.1, 0.15) is 5.75 Å². The highest BCUT2D eigenvalue weighted by atomic mass is 35.5. The van der Waals surface area contributed by atoms with Gasteiger partial charge in [-0.05, 0) is 61.0 Å². The number of rotatable bonds is 7. The summed E-state index contributed by atoms with van der Waals surface area (Å²) in [6, 6.07) is 17.7. The Labute approximate surface area is 184 Å². The van der Waals surface area contributed by atoms with Gasteiger partial charge in [0.25, 0.3) is 15.9 Å². The first-order valence-electron chi connectivity index (χ1n) is 8.81. The number of carbonyl (C=O) groups excluding carboxylic acids is 1. The van der Waals surface area contributed by atoms with Gasteiger partial charge in [0.15, 0.2) is 6.61 Å². The topological polar surface area (TPSA) is 84.5 Å². The molecule has 9 heteroatoms. The average Bonchev–Trinajstić information content (AvgIpc) is 2.70. The zero-order valence-corrected chi connectivity index (χ0v) is 18.2. The van der Waals surface area contributed by atoms with Crippen molar-refractivity contribution >= 4 is 50.5 Å². The van der Waals surface area contributed by atoms with Crippen molar-refractivity contribution in [3.63, 3.8) is 0 Å². The number of para-hydroxylation sites is 1. The average molecular weight is 465 g/mol. The Morgan fingerprint density at radius 2 is 1.73 bits per heavy atom. The third-order valence-electron chi connectivity index (χ3n) is 4.04. The monoisotopic (exact) mass is 464 g/mol. The van der Waals surface area contributed by atoms with E-state index >= 15 is 0 Å². The van der Waals surface area contributed by atoms with Crippen molar-refractivity contribution in [3.05, 3.63) is 82.3 Å². The van der Waals surface area contributed by atoms with Crippen LogP contribution in [0, 0.1) is 6.92 Å². The Hall–Kier alpha value is -2.74. The Balaban J connectivity index is 1.65. The highest BCUT2D eigenvalue weighted by Crippen LogP contribution is 2.26.